The predicted molar refractivity (Wildman–Crippen MR) is 347 cm³/mol. The molecule has 0 aromatic carbocycles. The number of amides is 1. The second kappa shape index (κ2) is 68.6. The molecule has 6 nitrogen and oxygen atoms in total. The Morgan fingerprint density at radius 2 is 0.633 bits per heavy atom. The zero-order valence-corrected chi connectivity index (χ0v) is 53.4. The molecular weight excluding hydrogens is 971 g/mol. The van der Waals surface area contributed by atoms with Crippen LogP contribution in [0.5, 0.6) is 0 Å². The number of nitrogens with one attached hydrogen (secondary N) is 1. The number of carbonyl (C=O) groups is 2. The average Bonchev–Trinajstić information content (AvgIpc) is 3.45. The van der Waals surface area contributed by atoms with Crippen molar-refractivity contribution in [3.63, 3.8) is 0 Å². The first-order valence-corrected chi connectivity index (χ1v) is 35.8. The predicted octanol–water partition coefficient (Wildman–Crippen LogP) is 23.1. The van der Waals surface area contributed by atoms with E-state index in [1.165, 1.54) is 315 Å². The van der Waals surface area contributed by atoms with Crippen molar-refractivity contribution < 1.29 is 24.5 Å². The number of hydrogen-bond acceptors (Lipinski definition) is 5. The van der Waals surface area contributed by atoms with Gasteiger partial charge in [0.25, 0.3) is 0 Å². The summed E-state index contributed by atoms with van der Waals surface area (Å²) < 4.78 is 5.44. The van der Waals surface area contributed by atoms with E-state index in [0.717, 1.165) is 51.4 Å². The van der Waals surface area contributed by atoms with Gasteiger partial charge in [0.1, 0.15) is 0 Å². The number of ether oxygens (including phenoxy) is 1. The smallest absolute Gasteiger partial charge is 0.305 e. The van der Waals surface area contributed by atoms with E-state index in [2.05, 4.69) is 43.5 Å². The number of carbonyl (C=O) groups excluding carboxylic acids is 2. The molecule has 3 N–H and O–H groups in total. The summed E-state index contributed by atoms with van der Waals surface area (Å²) in [6.07, 6.45) is 88.1. The Morgan fingerprint density at radius 1 is 0.354 bits per heavy atom. The zero-order valence-electron chi connectivity index (χ0n) is 53.4. The molecule has 0 aliphatic heterocycles. The molecule has 0 radical (unpaired) electrons. The van der Waals surface area contributed by atoms with Gasteiger partial charge in [-0.15, -0.1) is 0 Å². The molecule has 2 atom stereocenters. The van der Waals surface area contributed by atoms with Crippen molar-refractivity contribution in [1.82, 2.24) is 5.32 Å². The van der Waals surface area contributed by atoms with Gasteiger partial charge in [-0.1, -0.05) is 365 Å². The average molecular weight is 1110 g/mol. The SMILES string of the molecule is CCCCCCCCCCCCCCCCCCCCCCC/C=C/C(O)C(CO)NC(=O)CCCCCCCCCCCCCCCC/C=C\C/C=C\CCOC(=O)CCCCCCCCCCCCCCCCCCCC. The fourth-order valence-corrected chi connectivity index (χ4v) is 11.2. The maximum Gasteiger partial charge on any atom is 0.305 e. The Bertz CT molecular complexity index is 1280. The summed E-state index contributed by atoms with van der Waals surface area (Å²) in [5.41, 5.74) is 0. The highest BCUT2D eigenvalue weighted by Gasteiger charge is 2.18. The molecule has 0 aromatic heterocycles. The van der Waals surface area contributed by atoms with Gasteiger partial charge < -0.3 is 20.3 Å². The third kappa shape index (κ3) is 65.1. The van der Waals surface area contributed by atoms with Crippen LogP contribution >= 0.6 is 0 Å². The Hall–Kier alpha value is -1.92. The molecule has 0 heterocycles. The van der Waals surface area contributed by atoms with Gasteiger partial charge >= 0.3 is 5.97 Å². The van der Waals surface area contributed by atoms with Crippen LogP contribution < -0.4 is 5.32 Å². The number of esters is 1. The Labute approximate surface area is 494 Å². The highest BCUT2D eigenvalue weighted by molar-refractivity contribution is 5.76. The lowest BCUT2D eigenvalue weighted by Gasteiger charge is -2.20. The second-order valence-electron chi connectivity index (χ2n) is 24.6. The van der Waals surface area contributed by atoms with Crippen LogP contribution in [0.2, 0.25) is 0 Å². The van der Waals surface area contributed by atoms with Crippen LogP contribution in [0, 0.1) is 0 Å². The minimum atomic E-state index is -0.850. The van der Waals surface area contributed by atoms with Crippen molar-refractivity contribution >= 4 is 11.9 Å². The van der Waals surface area contributed by atoms with Gasteiger partial charge in [-0.25, -0.2) is 0 Å². The largest absolute Gasteiger partial charge is 0.465 e. The molecule has 1 amide bonds. The standard InChI is InChI=1S/C73H139NO5/c1-3-5-7-9-11-13-15-17-19-21-23-24-25-27-30-33-37-41-45-49-53-57-61-65-71(76)70(69-75)74-72(77)66-62-58-54-50-46-42-38-34-31-28-26-29-32-36-40-44-48-52-56-60-64-68-79-73(78)67-63-59-55-51-47-43-39-35-22-20-18-16-14-12-10-8-6-4-2/h44,48,56,60-61,65,70-71,75-76H,3-43,45-47,49-55,57-59,62-64,66-69H2,1-2H3,(H,74,77)/b48-44-,60-56-,65-61+. The van der Waals surface area contributed by atoms with E-state index in [0.29, 0.717) is 19.4 Å². The van der Waals surface area contributed by atoms with Crippen molar-refractivity contribution in [2.45, 2.75) is 405 Å². The molecule has 0 aliphatic carbocycles. The van der Waals surface area contributed by atoms with Gasteiger partial charge in [-0.2, -0.15) is 0 Å². The van der Waals surface area contributed by atoms with Gasteiger partial charge in [-0.05, 0) is 51.4 Å². The molecule has 79 heavy (non-hydrogen) atoms. The minimum Gasteiger partial charge on any atom is -0.465 e. The Balaban J connectivity index is 3.46. The fourth-order valence-electron chi connectivity index (χ4n) is 11.2. The van der Waals surface area contributed by atoms with Crippen molar-refractivity contribution in [3.05, 3.63) is 36.5 Å². The van der Waals surface area contributed by atoms with Crippen LogP contribution in [0.25, 0.3) is 0 Å². The quantitative estimate of drug-likeness (QED) is 0.0320. The zero-order chi connectivity index (χ0) is 57.1. The van der Waals surface area contributed by atoms with Crippen molar-refractivity contribution in [3.8, 4) is 0 Å². The molecule has 6 heteroatoms. The van der Waals surface area contributed by atoms with Crippen molar-refractivity contribution in [2.24, 2.45) is 0 Å². The summed E-state index contributed by atoms with van der Waals surface area (Å²) >= 11 is 0. The van der Waals surface area contributed by atoms with Gasteiger partial charge in [0.15, 0.2) is 0 Å². The van der Waals surface area contributed by atoms with E-state index >= 15 is 0 Å². The molecule has 0 rings (SSSR count). The van der Waals surface area contributed by atoms with Gasteiger partial charge in [0.2, 0.25) is 5.91 Å². The van der Waals surface area contributed by atoms with E-state index in [-0.39, 0.29) is 18.5 Å². The van der Waals surface area contributed by atoms with E-state index in [1.54, 1.807) is 6.08 Å². The van der Waals surface area contributed by atoms with Gasteiger partial charge in [0.05, 0.1) is 25.4 Å². The van der Waals surface area contributed by atoms with E-state index in [1.807, 2.05) is 6.08 Å². The van der Waals surface area contributed by atoms with E-state index < -0.39 is 12.1 Å². The Kier molecular flexibility index (Phi) is 66.9. The first-order valence-electron chi connectivity index (χ1n) is 35.8. The molecule has 0 saturated carbocycles. The van der Waals surface area contributed by atoms with Crippen LogP contribution in [0.15, 0.2) is 36.5 Å². The minimum absolute atomic E-state index is 0.0307. The van der Waals surface area contributed by atoms with E-state index in [4.69, 9.17) is 4.74 Å². The lowest BCUT2D eigenvalue weighted by molar-refractivity contribution is -0.143. The number of unbranched alkanes of at least 4 members (excludes halogenated alkanes) is 52. The van der Waals surface area contributed by atoms with Crippen LogP contribution in [-0.4, -0.2) is 47.4 Å². The lowest BCUT2D eigenvalue weighted by atomic mass is 10.0. The number of rotatable bonds is 67. The van der Waals surface area contributed by atoms with Crippen LogP contribution in [0.1, 0.15) is 393 Å². The number of aliphatic hydroxyl groups is 2. The van der Waals surface area contributed by atoms with Crippen LogP contribution in [-0.2, 0) is 14.3 Å². The first-order chi connectivity index (χ1) is 39.0. The summed E-state index contributed by atoms with van der Waals surface area (Å²) in [5, 5.41) is 23.3. The molecule has 0 aromatic rings. The summed E-state index contributed by atoms with van der Waals surface area (Å²) in [4.78, 5) is 24.6. The maximum absolute atomic E-state index is 12.5. The van der Waals surface area contributed by atoms with Crippen LogP contribution in [0.3, 0.4) is 0 Å². The second-order valence-corrected chi connectivity index (χ2v) is 24.6. The van der Waals surface area contributed by atoms with Crippen LogP contribution in [0.4, 0.5) is 0 Å². The number of aliphatic hydroxyl groups excluding tert-OH is 2. The monoisotopic (exact) mass is 1110 g/mol. The van der Waals surface area contributed by atoms with Gasteiger partial charge in [-0.3, -0.25) is 9.59 Å². The lowest BCUT2D eigenvalue weighted by Crippen LogP contribution is -2.45. The molecule has 0 aliphatic rings. The Morgan fingerprint density at radius 3 is 0.962 bits per heavy atom. The third-order valence-electron chi connectivity index (χ3n) is 16.7. The molecular formula is C73H139NO5. The molecule has 0 spiro atoms. The summed E-state index contributed by atoms with van der Waals surface area (Å²) in [6.45, 7) is 4.84. The fraction of sp³-hybridized carbons (Fsp3) is 0.890. The molecule has 0 saturated heterocycles. The highest BCUT2D eigenvalue weighted by atomic mass is 16.5. The van der Waals surface area contributed by atoms with Gasteiger partial charge in [0, 0.05) is 12.8 Å². The van der Waals surface area contributed by atoms with Crippen molar-refractivity contribution in [1.29, 1.82) is 0 Å². The molecule has 0 fully saturated rings. The normalized spacial score (nSPS) is 12.7. The highest BCUT2D eigenvalue weighted by Crippen LogP contribution is 2.19. The summed E-state index contributed by atoms with van der Waals surface area (Å²) in [5.74, 6) is -0.0995. The summed E-state index contributed by atoms with van der Waals surface area (Å²) in [7, 11) is 0. The third-order valence-corrected chi connectivity index (χ3v) is 16.7. The molecule has 2 unspecified atom stereocenters. The first kappa shape index (κ1) is 77.1. The summed E-state index contributed by atoms with van der Waals surface area (Å²) in [6, 6.07) is -0.633. The number of allylic oxidation sites excluding steroid dienone is 4. The molecule has 466 valence electrons. The number of hydrogen-bond donors (Lipinski definition) is 3. The maximum atomic E-state index is 12.5. The molecule has 0 bridgehead atoms. The topological polar surface area (TPSA) is 95.9 Å². The van der Waals surface area contributed by atoms with Crippen molar-refractivity contribution in [2.75, 3.05) is 13.2 Å². The van der Waals surface area contributed by atoms with E-state index in [9.17, 15) is 19.8 Å².